The van der Waals surface area contributed by atoms with Gasteiger partial charge < -0.3 is 19.5 Å². The van der Waals surface area contributed by atoms with Gasteiger partial charge in [-0.2, -0.15) is 0 Å². The zero-order valence-corrected chi connectivity index (χ0v) is 16.9. The highest BCUT2D eigenvalue weighted by atomic mass is 16.5. The maximum absolute atomic E-state index is 12.2. The molecule has 0 unspecified atom stereocenters. The van der Waals surface area contributed by atoms with Crippen molar-refractivity contribution >= 4 is 5.91 Å². The molecule has 2 rings (SSSR count). The zero-order valence-electron chi connectivity index (χ0n) is 16.9. The normalized spacial score (nSPS) is 10.6. The summed E-state index contributed by atoms with van der Waals surface area (Å²) in [4.78, 5) is 12.2. The number of amides is 1. The van der Waals surface area contributed by atoms with Crippen LogP contribution in [-0.4, -0.2) is 25.7 Å². The van der Waals surface area contributed by atoms with Crippen LogP contribution >= 0.6 is 0 Å². The van der Waals surface area contributed by atoms with Gasteiger partial charge >= 0.3 is 0 Å². The predicted octanol–water partition coefficient (Wildman–Crippen LogP) is 4.04. The number of rotatable bonds is 11. The van der Waals surface area contributed by atoms with Crippen LogP contribution in [0.4, 0.5) is 0 Å². The molecule has 0 bridgehead atoms. The average molecular weight is 383 g/mol. The van der Waals surface area contributed by atoms with Gasteiger partial charge in [0.2, 0.25) is 0 Å². The van der Waals surface area contributed by atoms with E-state index in [-0.39, 0.29) is 18.6 Å². The maximum Gasteiger partial charge on any atom is 0.258 e. The van der Waals surface area contributed by atoms with Crippen molar-refractivity contribution in [1.29, 1.82) is 0 Å². The molecule has 2 aromatic carbocycles. The van der Waals surface area contributed by atoms with Gasteiger partial charge in [0.1, 0.15) is 0 Å². The van der Waals surface area contributed by atoms with E-state index in [4.69, 9.17) is 14.2 Å². The van der Waals surface area contributed by atoms with E-state index in [9.17, 15) is 4.79 Å². The number of methoxy groups -OCH3 is 1. The van der Waals surface area contributed by atoms with Gasteiger partial charge in [0.05, 0.1) is 19.8 Å². The molecule has 0 spiro atoms. The summed E-state index contributed by atoms with van der Waals surface area (Å²) >= 11 is 0. The molecule has 28 heavy (non-hydrogen) atoms. The summed E-state index contributed by atoms with van der Waals surface area (Å²) in [6.07, 6.45) is 2.73. The fraction of sp³-hybridized carbons (Fsp3) is 0.348. The molecule has 0 aliphatic carbocycles. The van der Waals surface area contributed by atoms with Crippen LogP contribution in [0.1, 0.15) is 30.5 Å². The first-order valence-corrected chi connectivity index (χ1v) is 9.39. The van der Waals surface area contributed by atoms with Crippen LogP contribution in [0.3, 0.4) is 0 Å². The van der Waals surface area contributed by atoms with Gasteiger partial charge in [-0.3, -0.25) is 4.79 Å². The van der Waals surface area contributed by atoms with E-state index in [1.807, 2.05) is 62.4 Å². The Kier molecular flexibility index (Phi) is 8.56. The highest BCUT2D eigenvalue weighted by Gasteiger charge is 2.10. The minimum atomic E-state index is -0.197. The number of ether oxygens (including phenoxy) is 3. The van der Waals surface area contributed by atoms with Crippen LogP contribution in [0.15, 0.2) is 55.1 Å². The topological polar surface area (TPSA) is 56.8 Å². The first-order chi connectivity index (χ1) is 13.5. The van der Waals surface area contributed by atoms with Crippen LogP contribution in [0.5, 0.6) is 11.5 Å². The second kappa shape index (κ2) is 11.1. The second-order valence-corrected chi connectivity index (χ2v) is 6.67. The molecule has 0 aliphatic rings. The molecule has 0 fully saturated rings. The molecule has 0 heterocycles. The number of allylic oxidation sites excluding steroid dienone is 1. The molecule has 1 amide bonds. The summed E-state index contributed by atoms with van der Waals surface area (Å²) in [5.41, 5.74) is 3.17. The maximum atomic E-state index is 12.2. The van der Waals surface area contributed by atoms with Crippen molar-refractivity contribution < 1.29 is 19.0 Å². The number of nitrogens with one attached hydrogen (secondary N) is 1. The van der Waals surface area contributed by atoms with Crippen molar-refractivity contribution in [3.05, 3.63) is 71.8 Å². The third kappa shape index (κ3) is 6.74. The lowest BCUT2D eigenvalue weighted by atomic mass is 10.1. The Bertz CT molecular complexity index is 786. The largest absolute Gasteiger partial charge is 0.493 e. The molecule has 0 aromatic heterocycles. The molecule has 5 nitrogen and oxygen atoms in total. The molecular formula is C23H29NO4. The molecule has 0 aliphatic heterocycles. The molecule has 0 saturated carbocycles. The van der Waals surface area contributed by atoms with Crippen molar-refractivity contribution in [1.82, 2.24) is 5.32 Å². The Labute approximate surface area is 167 Å². The Morgan fingerprint density at radius 3 is 2.57 bits per heavy atom. The van der Waals surface area contributed by atoms with Gasteiger partial charge in [0, 0.05) is 6.54 Å². The van der Waals surface area contributed by atoms with Crippen LogP contribution in [0.2, 0.25) is 0 Å². The number of hydrogen-bond acceptors (Lipinski definition) is 4. The Morgan fingerprint density at radius 2 is 1.89 bits per heavy atom. The SMILES string of the molecule is C=CCc1ccc(OCC(=O)NCc2ccccc2COC(C)C)c(OC)c1. The molecule has 150 valence electrons. The lowest BCUT2D eigenvalue weighted by Gasteiger charge is -2.14. The molecule has 0 saturated heterocycles. The fourth-order valence-corrected chi connectivity index (χ4v) is 2.64. The number of benzene rings is 2. The second-order valence-electron chi connectivity index (χ2n) is 6.67. The first-order valence-electron chi connectivity index (χ1n) is 9.39. The van der Waals surface area contributed by atoms with Crippen molar-refractivity contribution in [2.75, 3.05) is 13.7 Å². The Morgan fingerprint density at radius 1 is 1.14 bits per heavy atom. The van der Waals surface area contributed by atoms with Crippen molar-refractivity contribution in [2.24, 2.45) is 0 Å². The minimum Gasteiger partial charge on any atom is -0.493 e. The number of carbonyl (C=O) groups excluding carboxylic acids is 1. The van der Waals surface area contributed by atoms with Crippen LogP contribution in [0, 0.1) is 0 Å². The molecule has 0 atom stereocenters. The van der Waals surface area contributed by atoms with Crippen LogP contribution in [0.25, 0.3) is 0 Å². The van der Waals surface area contributed by atoms with E-state index in [1.54, 1.807) is 7.11 Å². The third-order valence-electron chi connectivity index (χ3n) is 4.13. The Balaban J connectivity index is 1.89. The monoisotopic (exact) mass is 383 g/mol. The Hall–Kier alpha value is -2.79. The van der Waals surface area contributed by atoms with Gasteiger partial charge in [0.25, 0.3) is 5.91 Å². The van der Waals surface area contributed by atoms with E-state index >= 15 is 0 Å². The molecule has 5 heteroatoms. The molecule has 1 N–H and O–H groups in total. The highest BCUT2D eigenvalue weighted by molar-refractivity contribution is 5.77. The van der Waals surface area contributed by atoms with Crippen LogP contribution < -0.4 is 14.8 Å². The highest BCUT2D eigenvalue weighted by Crippen LogP contribution is 2.28. The minimum absolute atomic E-state index is 0.0815. The van der Waals surface area contributed by atoms with E-state index in [0.717, 1.165) is 23.1 Å². The lowest BCUT2D eigenvalue weighted by molar-refractivity contribution is -0.123. The van der Waals surface area contributed by atoms with Crippen molar-refractivity contribution in [2.45, 2.75) is 39.5 Å². The van der Waals surface area contributed by atoms with Gasteiger partial charge in [0.15, 0.2) is 18.1 Å². The summed E-state index contributed by atoms with van der Waals surface area (Å²) < 4.78 is 16.7. The lowest BCUT2D eigenvalue weighted by Crippen LogP contribution is -2.29. The molecule has 2 aromatic rings. The van der Waals surface area contributed by atoms with E-state index in [1.165, 1.54) is 0 Å². The van der Waals surface area contributed by atoms with Crippen molar-refractivity contribution in [3.8, 4) is 11.5 Å². The summed E-state index contributed by atoms with van der Waals surface area (Å²) in [5.74, 6) is 0.941. The molecular weight excluding hydrogens is 354 g/mol. The van der Waals surface area contributed by atoms with E-state index in [0.29, 0.717) is 24.7 Å². The van der Waals surface area contributed by atoms with E-state index in [2.05, 4.69) is 11.9 Å². The predicted molar refractivity (Wildman–Crippen MR) is 111 cm³/mol. The summed E-state index contributed by atoms with van der Waals surface area (Å²) in [7, 11) is 1.58. The van der Waals surface area contributed by atoms with Gasteiger partial charge in [-0.15, -0.1) is 6.58 Å². The molecule has 0 radical (unpaired) electrons. The van der Waals surface area contributed by atoms with Gasteiger partial charge in [-0.05, 0) is 49.1 Å². The number of carbonyl (C=O) groups is 1. The van der Waals surface area contributed by atoms with Gasteiger partial charge in [-0.25, -0.2) is 0 Å². The quantitative estimate of drug-likeness (QED) is 0.595. The first kappa shape index (κ1) is 21.5. The third-order valence-corrected chi connectivity index (χ3v) is 4.13. The smallest absolute Gasteiger partial charge is 0.258 e. The zero-order chi connectivity index (χ0) is 20.4. The summed E-state index contributed by atoms with van der Waals surface area (Å²) in [6, 6.07) is 13.5. The van der Waals surface area contributed by atoms with Crippen molar-refractivity contribution in [3.63, 3.8) is 0 Å². The summed E-state index contributed by atoms with van der Waals surface area (Å²) in [6.45, 7) is 8.60. The van der Waals surface area contributed by atoms with Gasteiger partial charge in [-0.1, -0.05) is 36.4 Å². The fourth-order valence-electron chi connectivity index (χ4n) is 2.64. The van der Waals surface area contributed by atoms with E-state index < -0.39 is 0 Å². The number of hydrogen-bond donors (Lipinski definition) is 1. The standard InChI is InChI=1S/C23H29NO4/c1-5-8-18-11-12-21(22(13-18)26-4)28-16-23(25)24-14-19-9-6-7-10-20(19)15-27-17(2)3/h5-7,9-13,17H,1,8,14-16H2,2-4H3,(H,24,25). The summed E-state index contributed by atoms with van der Waals surface area (Å²) in [5, 5.41) is 2.89. The van der Waals surface area contributed by atoms with Crippen LogP contribution in [-0.2, 0) is 29.1 Å². The average Bonchev–Trinajstić information content (AvgIpc) is 2.70.